The standard InChI is InChI=1S/C45H28N4O/c1-3-14-29(15-4-1)43-46-44(30-16-5-2-6-17-30)48-45(47-43)31-18-11-19-32(28-31)49-38-25-9-7-21-37(38)41-34(22-13-26-39(41)49)36-24-12-23-35-33-20-8-10-27-40(33)50-42(35)36/h1-28H. The van der Waals surface area contributed by atoms with E-state index < -0.39 is 0 Å². The van der Waals surface area contributed by atoms with Crippen LogP contribution >= 0.6 is 0 Å². The van der Waals surface area contributed by atoms with Gasteiger partial charge in [0.05, 0.1) is 11.0 Å². The van der Waals surface area contributed by atoms with Crippen LogP contribution in [0.2, 0.25) is 0 Å². The van der Waals surface area contributed by atoms with Gasteiger partial charge in [-0.15, -0.1) is 0 Å². The molecule has 7 aromatic carbocycles. The summed E-state index contributed by atoms with van der Waals surface area (Å²) in [5.74, 6) is 1.90. The summed E-state index contributed by atoms with van der Waals surface area (Å²) in [5.41, 5.74) is 10.1. The molecule has 50 heavy (non-hydrogen) atoms. The predicted octanol–water partition coefficient (Wildman–Crippen LogP) is 11.5. The molecule has 0 saturated heterocycles. The lowest BCUT2D eigenvalue weighted by Crippen LogP contribution is -2.01. The topological polar surface area (TPSA) is 56.7 Å². The Kier molecular flexibility index (Phi) is 6.42. The molecule has 0 radical (unpaired) electrons. The minimum absolute atomic E-state index is 0.623. The van der Waals surface area contributed by atoms with E-state index in [1.165, 1.54) is 10.8 Å². The van der Waals surface area contributed by atoms with Crippen molar-refractivity contribution >= 4 is 43.7 Å². The van der Waals surface area contributed by atoms with Gasteiger partial charge < -0.3 is 8.98 Å². The second-order valence-electron chi connectivity index (χ2n) is 12.4. The maximum atomic E-state index is 6.51. The first-order chi connectivity index (χ1) is 24.8. The number of fused-ring (bicyclic) bond motifs is 6. The second kappa shape index (κ2) is 11.4. The van der Waals surface area contributed by atoms with E-state index in [4.69, 9.17) is 19.4 Å². The first kappa shape index (κ1) is 28.2. The molecule has 3 aromatic heterocycles. The fourth-order valence-electron chi connectivity index (χ4n) is 7.20. The Bertz CT molecular complexity index is 2810. The van der Waals surface area contributed by atoms with E-state index in [9.17, 15) is 0 Å². The third kappa shape index (κ3) is 4.52. The average molecular weight is 641 g/mol. The van der Waals surface area contributed by atoms with Crippen molar-refractivity contribution < 1.29 is 4.42 Å². The van der Waals surface area contributed by atoms with Gasteiger partial charge in [0.25, 0.3) is 0 Å². The maximum Gasteiger partial charge on any atom is 0.164 e. The van der Waals surface area contributed by atoms with Gasteiger partial charge in [-0.25, -0.2) is 15.0 Å². The molecule has 10 rings (SSSR count). The summed E-state index contributed by atoms with van der Waals surface area (Å²) in [7, 11) is 0. The molecule has 234 valence electrons. The molecule has 10 aromatic rings. The lowest BCUT2D eigenvalue weighted by molar-refractivity contribution is 0.670. The molecule has 0 bridgehead atoms. The van der Waals surface area contributed by atoms with E-state index in [1.807, 2.05) is 72.8 Å². The van der Waals surface area contributed by atoms with Gasteiger partial charge in [0.2, 0.25) is 0 Å². The van der Waals surface area contributed by atoms with Crippen LogP contribution < -0.4 is 0 Å². The number of furan rings is 1. The first-order valence-electron chi connectivity index (χ1n) is 16.7. The van der Waals surface area contributed by atoms with Crippen molar-refractivity contribution in [2.75, 3.05) is 0 Å². The van der Waals surface area contributed by atoms with Crippen molar-refractivity contribution in [2.45, 2.75) is 0 Å². The Morgan fingerprint density at radius 1 is 0.400 bits per heavy atom. The summed E-state index contributed by atoms with van der Waals surface area (Å²) >= 11 is 0. The van der Waals surface area contributed by atoms with E-state index in [2.05, 4.69) is 102 Å². The Labute approximate surface area is 287 Å². The number of nitrogens with zero attached hydrogens (tertiary/aromatic N) is 4. The summed E-state index contributed by atoms with van der Waals surface area (Å²) in [4.78, 5) is 14.9. The molecule has 0 unspecified atom stereocenters. The van der Waals surface area contributed by atoms with E-state index in [0.29, 0.717) is 17.5 Å². The summed E-state index contributed by atoms with van der Waals surface area (Å²) in [6.07, 6.45) is 0. The highest BCUT2D eigenvalue weighted by Crippen LogP contribution is 2.42. The Balaban J connectivity index is 1.18. The zero-order valence-corrected chi connectivity index (χ0v) is 26.9. The Morgan fingerprint density at radius 3 is 1.70 bits per heavy atom. The van der Waals surface area contributed by atoms with Gasteiger partial charge in [-0.3, -0.25) is 0 Å². The summed E-state index contributed by atoms with van der Waals surface area (Å²) < 4.78 is 8.85. The highest BCUT2D eigenvalue weighted by atomic mass is 16.3. The lowest BCUT2D eigenvalue weighted by Gasteiger charge is -2.12. The third-order valence-corrected chi connectivity index (χ3v) is 9.45. The number of benzene rings is 7. The van der Waals surface area contributed by atoms with E-state index in [-0.39, 0.29) is 0 Å². The van der Waals surface area contributed by atoms with Gasteiger partial charge >= 0.3 is 0 Å². The molecule has 5 nitrogen and oxygen atoms in total. The normalized spacial score (nSPS) is 11.6. The van der Waals surface area contributed by atoms with E-state index in [0.717, 1.165) is 66.5 Å². The molecule has 0 N–H and O–H groups in total. The van der Waals surface area contributed by atoms with Crippen LogP contribution in [0.3, 0.4) is 0 Å². The van der Waals surface area contributed by atoms with Crippen molar-refractivity contribution in [3.63, 3.8) is 0 Å². The van der Waals surface area contributed by atoms with Crippen LogP contribution in [-0.4, -0.2) is 19.5 Å². The van der Waals surface area contributed by atoms with Crippen LogP contribution in [0.4, 0.5) is 0 Å². The molecule has 0 fully saturated rings. The molecule has 3 heterocycles. The van der Waals surface area contributed by atoms with Crippen molar-refractivity contribution in [3.05, 3.63) is 170 Å². The van der Waals surface area contributed by atoms with Crippen molar-refractivity contribution in [1.82, 2.24) is 19.5 Å². The zero-order valence-electron chi connectivity index (χ0n) is 26.9. The first-order valence-corrected chi connectivity index (χ1v) is 16.7. The fraction of sp³-hybridized carbons (Fsp3) is 0. The minimum atomic E-state index is 0.623. The second-order valence-corrected chi connectivity index (χ2v) is 12.4. The van der Waals surface area contributed by atoms with Crippen LogP contribution in [0.15, 0.2) is 174 Å². The molecule has 0 spiro atoms. The molecule has 0 aliphatic carbocycles. The molecule has 0 aliphatic heterocycles. The van der Waals surface area contributed by atoms with Crippen LogP contribution in [0.25, 0.3) is 94.7 Å². The van der Waals surface area contributed by atoms with Gasteiger partial charge in [0.1, 0.15) is 11.2 Å². The molecular formula is C45H28N4O. The van der Waals surface area contributed by atoms with Crippen molar-refractivity contribution in [1.29, 1.82) is 0 Å². The molecule has 0 saturated carbocycles. The quantitative estimate of drug-likeness (QED) is 0.188. The third-order valence-electron chi connectivity index (χ3n) is 9.45. The van der Waals surface area contributed by atoms with Gasteiger partial charge in [0, 0.05) is 49.5 Å². The largest absolute Gasteiger partial charge is 0.455 e. The SMILES string of the molecule is c1ccc(-c2nc(-c3ccccc3)nc(-c3cccc(-n4c5ccccc5c5c(-c6cccc7c6oc6ccccc67)cccc54)c3)n2)cc1. The van der Waals surface area contributed by atoms with Crippen LogP contribution in [0.5, 0.6) is 0 Å². The van der Waals surface area contributed by atoms with Crippen LogP contribution in [-0.2, 0) is 0 Å². The highest BCUT2D eigenvalue weighted by Gasteiger charge is 2.20. The maximum absolute atomic E-state index is 6.51. The fourth-order valence-corrected chi connectivity index (χ4v) is 7.20. The molecule has 0 atom stereocenters. The van der Waals surface area contributed by atoms with E-state index in [1.54, 1.807) is 0 Å². The van der Waals surface area contributed by atoms with Gasteiger partial charge in [-0.1, -0.05) is 140 Å². The van der Waals surface area contributed by atoms with Crippen molar-refractivity contribution in [3.8, 4) is 51.0 Å². The molecular weight excluding hydrogens is 613 g/mol. The summed E-state index contributed by atoms with van der Waals surface area (Å²) in [6, 6.07) is 58.5. The number of aromatic nitrogens is 4. The van der Waals surface area contributed by atoms with Crippen LogP contribution in [0.1, 0.15) is 0 Å². The number of rotatable bonds is 5. The average Bonchev–Trinajstić information content (AvgIpc) is 3.75. The van der Waals surface area contributed by atoms with E-state index >= 15 is 0 Å². The predicted molar refractivity (Wildman–Crippen MR) is 203 cm³/mol. The smallest absolute Gasteiger partial charge is 0.164 e. The van der Waals surface area contributed by atoms with Crippen LogP contribution in [0, 0.1) is 0 Å². The number of hydrogen-bond donors (Lipinski definition) is 0. The lowest BCUT2D eigenvalue weighted by atomic mass is 9.97. The van der Waals surface area contributed by atoms with Gasteiger partial charge in [-0.05, 0) is 35.9 Å². The minimum Gasteiger partial charge on any atom is -0.455 e. The summed E-state index contributed by atoms with van der Waals surface area (Å²) in [6.45, 7) is 0. The van der Waals surface area contributed by atoms with Gasteiger partial charge in [-0.2, -0.15) is 0 Å². The molecule has 0 amide bonds. The number of hydrogen-bond acceptors (Lipinski definition) is 4. The highest BCUT2D eigenvalue weighted by molar-refractivity contribution is 6.19. The zero-order chi connectivity index (χ0) is 33.0. The van der Waals surface area contributed by atoms with Gasteiger partial charge in [0.15, 0.2) is 17.5 Å². The Morgan fingerprint density at radius 2 is 0.940 bits per heavy atom. The molecule has 0 aliphatic rings. The van der Waals surface area contributed by atoms with Crippen molar-refractivity contribution in [2.24, 2.45) is 0 Å². The molecule has 5 heteroatoms. The Hall–Kier alpha value is -6.85. The number of para-hydroxylation sites is 3. The summed E-state index contributed by atoms with van der Waals surface area (Å²) in [5, 5.41) is 4.60. The monoisotopic (exact) mass is 640 g/mol.